The monoisotopic (exact) mass is 386 g/mol. The first kappa shape index (κ1) is 19.9. The van der Waals surface area contributed by atoms with E-state index in [2.05, 4.69) is 31.7 Å². The molecule has 3 rings (SSSR count). The summed E-state index contributed by atoms with van der Waals surface area (Å²) in [5.41, 5.74) is 9.89. The van der Waals surface area contributed by atoms with E-state index >= 15 is 0 Å². The van der Waals surface area contributed by atoms with E-state index in [0.717, 1.165) is 22.3 Å². The quantitative estimate of drug-likeness (QED) is 0.472. The molecule has 0 saturated carbocycles. The lowest BCUT2D eigenvalue weighted by Gasteiger charge is -2.15. The van der Waals surface area contributed by atoms with Gasteiger partial charge in [0.1, 0.15) is 13.3 Å². The van der Waals surface area contributed by atoms with Crippen molar-refractivity contribution in [3.8, 4) is 0 Å². The molecular formula is C20H24F2N6. The number of rotatable bonds is 10. The highest BCUT2D eigenvalue weighted by Crippen LogP contribution is 2.09. The molecule has 0 spiro atoms. The van der Waals surface area contributed by atoms with Crippen molar-refractivity contribution in [1.82, 2.24) is 21.5 Å². The first-order valence-electron chi connectivity index (χ1n) is 9.19. The zero-order valence-electron chi connectivity index (χ0n) is 15.5. The van der Waals surface area contributed by atoms with E-state index in [0.29, 0.717) is 37.9 Å². The molecule has 0 bridgehead atoms. The fraction of sp³-hybridized carbons (Fsp3) is 0.300. The van der Waals surface area contributed by atoms with Gasteiger partial charge < -0.3 is 10.6 Å². The average molecular weight is 386 g/mol. The molecule has 0 unspecified atom stereocenters. The van der Waals surface area contributed by atoms with E-state index in [4.69, 9.17) is 0 Å². The minimum Gasteiger partial charge on any atom is -0.310 e. The summed E-state index contributed by atoms with van der Waals surface area (Å²) in [5.74, 6) is 1.25. The van der Waals surface area contributed by atoms with Gasteiger partial charge in [-0.05, 0) is 11.1 Å². The molecule has 8 heteroatoms. The highest BCUT2D eigenvalue weighted by Gasteiger charge is 2.11. The van der Waals surface area contributed by atoms with E-state index in [-0.39, 0.29) is 13.3 Å². The highest BCUT2D eigenvalue weighted by atomic mass is 19.1. The Hall–Kier alpha value is -2.84. The Morgan fingerprint density at radius 3 is 1.36 bits per heavy atom. The van der Waals surface area contributed by atoms with Crippen molar-refractivity contribution in [3.63, 3.8) is 0 Å². The van der Waals surface area contributed by atoms with E-state index in [9.17, 15) is 8.78 Å². The van der Waals surface area contributed by atoms with Gasteiger partial charge in [-0.3, -0.25) is 10.9 Å². The molecule has 2 aromatic rings. The van der Waals surface area contributed by atoms with Crippen LogP contribution in [0.4, 0.5) is 8.78 Å². The summed E-state index contributed by atoms with van der Waals surface area (Å²) in [6.45, 7) is 1.22. The number of benzene rings is 2. The zero-order chi connectivity index (χ0) is 19.6. The molecule has 2 aromatic carbocycles. The molecule has 0 aromatic heterocycles. The molecule has 0 fully saturated rings. The molecule has 148 valence electrons. The molecule has 0 saturated heterocycles. The number of hydrogen-bond acceptors (Lipinski definition) is 6. The van der Waals surface area contributed by atoms with Crippen molar-refractivity contribution >= 4 is 11.7 Å². The van der Waals surface area contributed by atoms with Gasteiger partial charge in [-0.25, -0.2) is 8.78 Å². The smallest absolute Gasteiger partial charge is 0.173 e. The third-order valence-corrected chi connectivity index (χ3v) is 4.20. The van der Waals surface area contributed by atoms with Crippen molar-refractivity contribution in [2.45, 2.75) is 13.1 Å². The topological polar surface area (TPSA) is 72.8 Å². The number of alkyl halides is 2. The number of halogens is 2. The summed E-state index contributed by atoms with van der Waals surface area (Å²) in [6, 6.07) is 15.7. The first-order chi connectivity index (χ1) is 13.8. The molecule has 0 atom stereocenters. The van der Waals surface area contributed by atoms with Gasteiger partial charge >= 0.3 is 0 Å². The van der Waals surface area contributed by atoms with Crippen LogP contribution in [0.25, 0.3) is 0 Å². The van der Waals surface area contributed by atoms with Crippen molar-refractivity contribution in [1.29, 1.82) is 0 Å². The Bertz CT molecular complexity index is 733. The fourth-order valence-corrected chi connectivity index (χ4v) is 2.69. The standard InChI is InChI=1S/C20H24F2N6/c21-9-11-23-13-15-1-5-17(6-2-15)19-25-27-20(28-26-19)18-7-3-16(4-8-18)14-24-12-10-22/h1-8,23-24H,9-14H2,(H,25,26)(H,27,28). The summed E-state index contributed by atoms with van der Waals surface area (Å²) < 4.78 is 24.2. The summed E-state index contributed by atoms with van der Waals surface area (Å²) in [5, 5.41) is 14.7. The van der Waals surface area contributed by atoms with Crippen molar-refractivity contribution in [2.24, 2.45) is 10.2 Å². The normalized spacial score (nSPS) is 13.4. The van der Waals surface area contributed by atoms with Crippen LogP contribution < -0.4 is 21.5 Å². The van der Waals surface area contributed by atoms with E-state index in [1.165, 1.54) is 0 Å². The molecule has 1 aliphatic heterocycles. The average Bonchev–Trinajstić information content (AvgIpc) is 2.75. The second-order valence-electron chi connectivity index (χ2n) is 6.27. The van der Waals surface area contributed by atoms with Crippen LogP contribution in [0, 0.1) is 0 Å². The molecule has 0 radical (unpaired) electrons. The van der Waals surface area contributed by atoms with Gasteiger partial charge in [-0.2, -0.15) is 10.2 Å². The van der Waals surface area contributed by atoms with E-state index < -0.39 is 0 Å². The number of hydrogen-bond donors (Lipinski definition) is 4. The van der Waals surface area contributed by atoms with Crippen LogP contribution in [-0.4, -0.2) is 38.1 Å². The van der Waals surface area contributed by atoms with Crippen LogP contribution in [-0.2, 0) is 13.1 Å². The van der Waals surface area contributed by atoms with Crippen LogP contribution in [0.5, 0.6) is 0 Å². The summed E-state index contributed by atoms with van der Waals surface area (Å²) in [7, 11) is 0. The van der Waals surface area contributed by atoms with Crippen molar-refractivity contribution in [2.75, 3.05) is 26.4 Å². The summed E-state index contributed by atoms with van der Waals surface area (Å²) in [6.07, 6.45) is 0. The van der Waals surface area contributed by atoms with Gasteiger partial charge in [0.2, 0.25) is 0 Å². The van der Waals surface area contributed by atoms with Crippen LogP contribution in [0.15, 0.2) is 58.7 Å². The Morgan fingerprint density at radius 2 is 1.04 bits per heavy atom. The molecule has 1 heterocycles. The van der Waals surface area contributed by atoms with Gasteiger partial charge in [0.05, 0.1) is 0 Å². The van der Waals surface area contributed by atoms with Gasteiger partial charge in [-0.1, -0.05) is 48.5 Å². The first-order valence-corrected chi connectivity index (χ1v) is 9.19. The van der Waals surface area contributed by atoms with Crippen LogP contribution in [0.3, 0.4) is 0 Å². The lowest BCUT2D eigenvalue weighted by atomic mass is 10.1. The molecule has 1 aliphatic rings. The lowest BCUT2D eigenvalue weighted by molar-refractivity contribution is 0.466. The van der Waals surface area contributed by atoms with Gasteiger partial charge in [-0.15, -0.1) is 0 Å². The molecule has 28 heavy (non-hydrogen) atoms. The highest BCUT2D eigenvalue weighted by molar-refractivity contribution is 6.05. The van der Waals surface area contributed by atoms with Gasteiger partial charge in [0.25, 0.3) is 0 Å². The van der Waals surface area contributed by atoms with Crippen molar-refractivity contribution in [3.05, 3.63) is 70.8 Å². The second kappa shape index (κ2) is 10.5. The fourth-order valence-electron chi connectivity index (χ4n) is 2.69. The van der Waals surface area contributed by atoms with Gasteiger partial charge in [0.15, 0.2) is 11.7 Å². The maximum absolute atomic E-state index is 12.1. The minimum atomic E-state index is -0.371. The number of hydrazone groups is 2. The Kier molecular flexibility index (Phi) is 7.45. The van der Waals surface area contributed by atoms with Crippen LogP contribution in [0.2, 0.25) is 0 Å². The van der Waals surface area contributed by atoms with Crippen LogP contribution >= 0.6 is 0 Å². The predicted molar refractivity (Wildman–Crippen MR) is 108 cm³/mol. The molecule has 4 N–H and O–H groups in total. The van der Waals surface area contributed by atoms with E-state index in [1.54, 1.807) is 0 Å². The number of nitrogens with zero attached hydrogens (tertiary/aromatic N) is 2. The third-order valence-electron chi connectivity index (χ3n) is 4.20. The second-order valence-corrected chi connectivity index (χ2v) is 6.27. The summed E-state index contributed by atoms with van der Waals surface area (Å²) in [4.78, 5) is 0. The Balaban J connectivity index is 1.54. The zero-order valence-corrected chi connectivity index (χ0v) is 15.5. The Morgan fingerprint density at radius 1 is 0.643 bits per heavy atom. The Labute approximate surface area is 163 Å². The SMILES string of the molecule is FCCNCc1ccc(C2=NNC(c3ccc(CNCCF)cc3)=NN2)cc1. The lowest BCUT2D eigenvalue weighted by Crippen LogP contribution is -2.34. The van der Waals surface area contributed by atoms with Crippen molar-refractivity contribution < 1.29 is 8.78 Å². The van der Waals surface area contributed by atoms with E-state index in [1.807, 2.05) is 48.5 Å². The molecular weight excluding hydrogens is 362 g/mol. The minimum absolute atomic E-state index is 0.354. The molecule has 0 amide bonds. The largest absolute Gasteiger partial charge is 0.310 e. The number of amidine groups is 2. The summed E-state index contributed by atoms with van der Waals surface area (Å²) >= 11 is 0. The number of nitrogens with one attached hydrogen (secondary N) is 4. The predicted octanol–water partition coefficient (Wildman–Crippen LogP) is 2.02. The maximum Gasteiger partial charge on any atom is 0.173 e. The maximum atomic E-state index is 12.1. The van der Waals surface area contributed by atoms with Gasteiger partial charge in [0, 0.05) is 37.3 Å². The third kappa shape index (κ3) is 5.58. The van der Waals surface area contributed by atoms with Crippen LogP contribution in [0.1, 0.15) is 22.3 Å². The molecule has 0 aliphatic carbocycles. The molecule has 6 nitrogen and oxygen atoms in total.